The molecule has 13 nitrogen and oxygen atoms in total. The highest BCUT2D eigenvalue weighted by molar-refractivity contribution is 5.95. The molecule has 0 spiro atoms. The van der Waals surface area contributed by atoms with Crippen molar-refractivity contribution >= 4 is 28.9 Å². The fraction of sp³-hybridized carbons (Fsp3) is 0.214. The monoisotopic (exact) mass is 377 g/mol. The SMILES string of the molecule is COCCNc1ncnc(NNC(=O)c2ccc([N+](=O)[O-])cc2)c1[N+](=O)[O-]. The van der Waals surface area contributed by atoms with Crippen molar-refractivity contribution in [2.45, 2.75) is 0 Å². The number of hydrogen-bond acceptors (Lipinski definition) is 10. The van der Waals surface area contributed by atoms with E-state index < -0.39 is 21.4 Å². The number of carbonyl (C=O) groups is 1. The molecule has 0 fully saturated rings. The minimum absolute atomic E-state index is 0.0425. The number of nitro groups is 2. The third-order valence-electron chi connectivity index (χ3n) is 3.24. The first-order chi connectivity index (χ1) is 12.9. The van der Waals surface area contributed by atoms with Crippen molar-refractivity contribution in [2.75, 3.05) is 31.0 Å². The molecule has 0 radical (unpaired) electrons. The zero-order valence-electron chi connectivity index (χ0n) is 14.0. The van der Waals surface area contributed by atoms with Gasteiger partial charge in [-0.15, -0.1) is 0 Å². The van der Waals surface area contributed by atoms with E-state index in [4.69, 9.17) is 4.74 Å². The Bertz CT molecular complexity index is 842. The lowest BCUT2D eigenvalue weighted by atomic mass is 10.2. The summed E-state index contributed by atoms with van der Waals surface area (Å²) in [5, 5.41) is 24.7. The van der Waals surface area contributed by atoms with Gasteiger partial charge in [0.1, 0.15) is 6.33 Å². The Labute approximate surface area is 152 Å². The molecule has 142 valence electrons. The molecule has 1 amide bonds. The lowest BCUT2D eigenvalue weighted by molar-refractivity contribution is -0.384. The molecule has 0 saturated heterocycles. The van der Waals surface area contributed by atoms with Gasteiger partial charge in [-0.2, -0.15) is 0 Å². The number of nitrogens with zero attached hydrogens (tertiary/aromatic N) is 4. The number of hydrogen-bond donors (Lipinski definition) is 3. The van der Waals surface area contributed by atoms with E-state index >= 15 is 0 Å². The smallest absolute Gasteiger partial charge is 0.354 e. The van der Waals surface area contributed by atoms with Crippen LogP contribution in [0.25, 0.3) is 0 Å². The fourth-order valence-electron chi connectivity index (χ4n) is 1.97. The maximum Gasteiger partial charge on any atom is 0.354 e. The lowest BCUT2D eigenvalue weighted by Gasteiger charge is -2.10. The molecule has 0 unspecified atom stereocenters. The third kappa shape index (κ3) is 5.05. The molecular weight excluding hydrogens is 362 g/mol. The number of methoxy groups -OCH3 is 1. The third-order valence-corrected chi connectivity index (χ3v) is 3.24. The van der Waals surface area contributed by atoms with Gasteiger partial charge >= 0.3 is 5.69 Å². The number of nitrogens with one attached hydrogen (secondary N) is 3. The second-order valence-electron chi connectivity index (χ2n) is 4.98. The zero-order valence-corrected chi connectivity index (χ0v) is 14.0. The van der Waals surface area contributed by atoms with E-state index in [1.54, 1.807) is 0 Å². The van der Waals surface area contributed by atoms with Gasteiger partial charge in [0.05, 0.1) is 16.5 Å². The van der Waals surface area contributed by atoms with Crippen LogP contribution in [0.5, 0.6) is 0 Å². The van der Waals surface area contributed by atoms with E-state index in [1.165, 1.54) is 31.4 Å². The second kappa shape index (κ2) is 9.00. The molecule has 0 aliphatic carbocycles. The number of aromatic nitrogens is 2. The normalized spacial score (nSPS) is 10.1. The Hall–Kier alpha value is -3.87. The quantitative estimate of drug-likeness (QED) is 0.326. The molecule has 2 aromatic rings. The van der Waals surface area contributed by atoms with Crippen LogP contribution >= 0.6 is 0 Å². The maximum atomic E-state index is 12.1. The van der Waals surface area contributed by atoms with Crippen LogP contribution in [-0.4, -0.2) is 46.0 Å². The highest BCUT2D eigenvalue weighted by Crippen LogP contribution is 2.28. The standard InChI is InChI=1S/C14H15N7O6/c1-27-7-6-15-12-11(21(25)26)13(17-8-16-12)18-19-14(22)9-2-4-10(5-3-9)20(23)24/h2-5,8H,6-7H2,1H3,(H,19,22)(H2,15,16,17,18). The van der Waals surface area contributed by atoms with Gasteiger partial charge in [-0.05, 0) is 12.1 Å². The average Bonchev–Trinajstić information content (AvgIpc) is 2.66. The Balaban J connectivity index is 2.12. The Morgan fingerprint density at radius 1 is 1.11 bits per heavy atom. The maximum absolute atomic E-state index is 12.1. The van der Waals surface area contributed by atoms with E-state index in [1.807, 2.05) is 0 Å². The molecule has 0 atom stereocenters. The van der Waals surface area contributed by atoms with Gasteiger partial charge in [0.2, 0.25) is 11.6 Å². The molecule has 3 N–H and O–H groups in total. The van der Waals surface area contributed by atoms with Gasteiger partial charge in [-0.1, -0.05) is 0 Å². The number of nitro benzene ring substituents is 1. The van der Waals surface area contributed by atoms with Crippen molar-refractivity contribution in [2.24, 2.45) is 0 Å². The van der Waals surface area contributed by atoms with Crippen molar-refractivity contribution in [1.29, 1.82) is 0 Å². The van der Waals surface area contributed by atoms with Crippen LogP contribution in [-0.2, 0) is 4.74 Å². The topological polar surface area (TPSA) is 174 Å². The van der Waals surface area contributed by atoms with Crippen molar-refractivity contribution in [3.63, 3.8) is 0 Å². The number of non-ortho nitro benzene ring substituents is 1. The van der Waals surface area contributed by atoms with Crippen LogP contribution < -0.4 is 16.2 Å². The van der Waals surface area contributed by atoms with Crippen LogP contribution in [0.4, 0.5) is 23.0 Å². The summed E-state index contributed by atoms with van der Waals surface area (Å²) in [7, 11) is 1.48. The van der Waals surface area contributed by atoms with E-state index in [0.717, 1.165) is 6.33 Å². The summed E-state index contributed by atoms with van der Waals surface area (Å²) in [6.07, 6.45) is 1.09. The molecule has 0 aliphatic heterocycles. The molecule has 1 aromatic carbocycles. The van der Waals surface area contributed by atoms with Gasteiger partial charge < -0.3 is 10.1 Å². The molecule has 1 heterocycles. The predicted octanol–water partition coefficient (Wildman–Crippen LogP) is 1.11. The van der Waals surface area contributed by atoms with Crippen LogP contribution in [0.3, 0.4) is 0 Å². The summed E-state index contributed by atoms with van der Waals surface area (Å²) in [6.45, 7) is 0.587. The highest BCUT2D eigenvalue weighted by Gasteiger charge is 2.23. The Morgan fingerprint density at radius 2 is 1.78 bits per heavy atom. The van der Waals surface area contributed by atoms with Crippen molar-refractivity contribution < 1.29 is 19.4 Å². The number of benzene rings is 1. The summed E-state index contributed by atoms with van der Waals surface area (Å²) >= 11 is 0. The highest BCUT2D eigenvalue weighted by atomic mass is 16.6. The largest absolute Gasteiger partial charge is 0.383 e. The molecule has 0 aliphatic rings. The summed E-state index contributed by atoms with van der Waals surface area (Å²) in [6, 6.07) is 4.84. The number of carbonyl (C=O) groups excluding carboxylic acids is 1. The van der Waals surface area contributed by atoms with Crippen molar-refractivity contribution in [1.82, 2.24) is 15.4 Å². The second-order valence-corrected chi connectivity index (χ2v) is 4.98. The minimum Gasteiger partial charge on any atom is -0.383 e. The van der Waals surface area contributed by atoms with Crippen molar-refractivity contribution in [3.05, 3.63) is 56.4 Å². The van der Waals surface area contributed by atoms with Crippen LogP contribution in [0.1, 0.15) is 10.4 Å². The first kappa shape index (κ1) is 19.5. The Morgan fingerprint density at radius 3 is 2.37 bits per heavy atom. The summed E-state index contributed by atoms with van der Waals surface area (Å²) in [5.41, 5.74) is 4.10. The average molecular weight is 377 g/mol. The molecule has 1 aromatic heterocycles. The first-order valence-electron chi connectivity index (χ1n) is 7.47. The lowest BCUT2D eigenvalue weighted by Crippen LogP contribution is -2.30. The van der Waals surface area contributed by atoms with Gasteiger partial charge in [0, 0.05) is 31.4 Å². The summed E-state index contributed by atoms with van der Waals surface area (Å²) in [5.74, 6) is -0.934. The van der Waals surface area contributed by atoms with Gasteiger partial charge in [0.15, 0.2) is 0 Å². The molecule has 13 heteroatoms. The molecule has 0 saturated carbocycles. The number of amides is 1. The van der Waals surface area contributed by atoms with E-state index in [0.29, 0.717) is 6.61 Å². The van der Waals surface area contributed by atoms with Crippen LogP contribution in [0, 0.1) is 20.2 Å². The number of hydrazine groups is 1. The van der Waals surface area contributed by atoms with Crippen LogP contribution in [0.15, 0.2) is 30.6 Å². The predicted molar refractivity (Wildman–Crippen MR) is 93.2 cm³/mol. The van der Waals surface area contributed by atoms with E-state index in [-0.39, 0.29) is 29.4 Å². The number of ether oxygens (including phenoxy) is 1. The van der Waals surface area contributed by atoms with E-state index in [2.05, 4.69) is 26.1 Å². The van der Waals surface area contributed by atoms with Crippen LogP contribution in [0.2, 0.25) is 0 Å². The molecule has 0 bridgehead atoms. The first-order valence-corrected chi connectivity index (χ1v) is 7.47. The number of anilines is 2. The molecule has 27 heavy (non-hydrogen) atoms. The zero-order chi connectivity index (χ0) is 19.8. The summed E-state index contributed by atoms with van der Waals surface area (Å²) < 4.78 is 4.85. The molecular formula is C14H15N7O6. The minimum atomic E-state index is -0.699. The van der Waals surface area contributed by atoms with Crippen molar-refractivity contribution in [3.8, 4) is 0 Å². The summed E-state index contributed by atoms with van der Waals surface area (Å²) in [4.78, 5) is 40.3. The van der Waals surface area contributed by atoms with Gasteiger partial charge in [-0.25, -0.2) is 9.97 Å². The fourth-order valence-corrected chi connectivity index (χ4v) is 1.97. The van der Waals surface area contributed by atoms with E-state index in [9.17, 15) is 25.0 Å². The van der Waals surface area contributed by atoms with Gasteiger partial charge in [0.25, 0.3) is 11.6 Å². The number of rotatable bonds is 9. The van der Waals surface area contributed by atoms with Gasteiger partial charge in [-0.3, -0.25) is 35.9 Å². The Kier molecular flexibility index (Phi) is 6.49. The molecule has 2 rings (SSSR count).